The molecule has 8 nitrogen and oxygen atoms in total. The monoisotopic (exact) mass is 405 g/mol. The quantitative estimate of drug-likeness (QED) is 0.493. The van der Waals surface area contributed by atoms with E-state index in [2.05, 4.69) is 57.2 Å². The van der Waals surface area contributed by atoms with Crippen molar-refractivity contribution in [3.63, 3.8) is 0 Å². The first kappa shape index (κ1) is 19.0. The van der Waals surface area contributed by atoms with E-state index in [0.717, 1.165) is 31.0 Å². The van der Waals surface area contributed by atoms with Crippen molar-refractivity contribution in [2.24, 2.45) is 14.1 Å². The van der Waals surface area contributed by atoms with E-state index in [1.54, 1.807) is 0 Å². The van der Waals surface area contributed by atoms with E-state index >= 15 is 0 Å². The van der Waals surface area contributed by atoms with Crippen molar-refractivity contribution < 1.29 is 4.74 Å². The summed E-state index contributed by atoms with van der Waals surface area (Å²) in [4.78, 5) is 7.26. The van der Waals surface area contributed by atoms with Crippen LogP contribution in [0, 0.1) is 6.92 Å². The zero-order valence-electron chi connectivity index (χ0n) is 17.7. The predicted molar refractivity (Wildman–Crippen MR) is 114 cm³/mol. The number of rotatable bonds is 6. The maximum absolute atomic E-state index is 5.93. The van der Waals surface area contributed by atoms with E-state index in [1.807, 2.05) is 35.9 Å². The second-order valence-corrected chi connectivity index (χ2v) is 8.27. The van der Waals surface area contributed by atoms with Crippen LogP contribution in [0.2, 0.25) is 0 Å². The van der Waals surface area contributed by atoms with Crippen molar-refractivity contribution in [2.75, 3.05) is 13.2 Å². The molecule has 1 aromatic carbocycles. The lowest BCUT2D eigenvalue weighted by atomic mass is 10.1. The second kappa shape index (κ2) is 7.70. The van der Waals surface area contributed by atoms with Crippen LogP contribution in [0.5, 0.6) is 0 Å². The SMILES string of the molecule is Cc1ccc2nc3n(c2c1)C(CN(Cc1cnn(C)c1)Cc1cnn(C)c1)COC3. The molecule has 0 spiro atoms. The van der Waals surface area contributed by atoms with Gasteiger partial charge in [-0.25, -0.2) is 4.98 Å². The minimum absolute atomic E-state index is 0.203. The van der Waals surface area contributed by atoms with E-state index in [0.29, 0.717) is 13.2 Å². The molecule has 0 fully saturated rings. The van der Waals surface area contributed by atoms with Gasteiger partial charge in [0.05, 0.1) is 36.1 Å². The Balaban J connectivity index is 1.45. The summed E-state index contributed by atoms with van der Waals surface area (Å²) >= 11 is 0. The third-order valence-electron chi connectivity index (χ3n) is 5.62. The summed E-state index contributed by atoms with van der Waals surface area (Å²) in [7, 11) is 3.91. The van der Waals surface area contributed by atoms with E-state index in [1.165, 1.54) is 22.2 Å². The van der Waals surface area contributed by atoms with Crippen LogP contribution >= 0.6 is 0 Å². The van der Waals surface area contributed by atoms with Crippen molar-refractivity contribution >= 4 is 11.0 Å². The fourth-order valence-corrected chi connectivity index (χ4v) is 4.36. The molecule has 8 heteroatoms. The molecule has 1 aliphatic heterocycles. The molecule has 0 N–H and O–H groups in total. The molecule has 1 unspecified atom stereocenters. The molecule has 1 atom stereocenters. The summed E-state index contributed by atoms with van der Waals surface area (Å²) in [5.74, 6) is 1.01. The van der Waals surface area contributed by atoms with Crippen LogP contribution in [-0.4, -0.2) is 47.2 Å². The van der Waals surface area contributed by atoms with Gasteiger partial charge < -0.3 is 9.30 Å². The minimum atomic E-state index is 0.203. The van der Waals surface area contributed by atoms with E-state index < -0.39 is 0 Å². The number of benzene rings is 1. The first-order valence-electron chi connectivity index (χ1n) is 10.3. The Bertz CT molecular complexity index is 1130. The van der Waals surface area contributed by atoms with Crippen molar-refractivity contribution in [3.8, 4) is 0 Å². The average molecular weight is 406 g/mol. The number of ether oxygens (including phenoxy) is 1. The number of fused-ring (bicyclic) bond motifs is 3. The third kappa shape index (κ3) is 3.76. The highest BCUT2D eigenvalue weighted by Gasteiger charge is 2.26. The molecular weight excluding hydrogens is 378 g/mol. The average Bonchev–Trinajstić information content (AvgIpc) is 3.40. The molecule has 0 radical (unpaired) electrons. The van der Waals surface area contributed by atoms with E-state index in [4.69, 9.17) is 9.72 Å². The van der Waals surface area contributed by atoms with Gasteiger partial charge in [-0.3, -0.25) is 14.3 Å². The number of hydrogen-bond donors (Lipinski definition) is 0. The van der Waals surface area contributed by atoms with Crippen LogP contribution < -0.4 is 0 Å². The van der Waals surface area contributed by atoms with Gasteiger partial charge in [-0.1, -0.05) is 6.07 Å². The zero-order valence-corrected chi connectivity index (χ0v) is 17.7. The molecule has 5 rings (SSSR count). The summed E-state index contributed by atoms with van der Waals surface area (Å²) in [6, 6.07) is 6.66. The maximum atomic E-state index is 5.93. The molecule has 3 aromatic heterocycles. The predicted octanol–water partition coefficient (Wildman–Crippen LogP) is 2.59. The molecule has 4 aromatic rings. The Morgan fingerprint density at radius 3 is 2.40 bits per heavy atom. The van der Waals surface area contributed by atoms with Crippen molar-refractivity contribution in [3.05, 3.63) is 65.5 Å². The normalized spacial score (nSPS) is 16.5. The Morgan fingerprint density at radius 1 is 1.07 bits per heavy atom. The summed E-state index contributed by atoms with van der Waals surface area (Å²) in [5.41, 5.74) is 5.88. The number of nitrogens with zero attached hydrogens (tertiary/aromatic N) is 7. The largest absolute Gasteiger partial charge is 0.371 e. The van der Waals surface area contributed by atoms with Gasteiger partial charge in [0, 0.05) is 57.3 Å². The minimum Gasteiger partial charge on any atom is -0.371 e. The molecule has 156 valence electrons. The Hall–Kier alpha value is -2.97. The van der Waals surface area contributed by atoms with Gasteiger partial charge in [0.15, 0.2) is 0 Å². The topological polar surface area (TPSA) is 65.9 Å². The highest BCUT2D eigenvalue weighted by molar-refractivity contribution is 5.77. The van der Waals surface area contributed by atoms with E-state index in [9.17, 15) is 0 Å². The number of hydrogen-bond acceptors (Lipinski definition) is 5. The van der Waals surface area contributed by atoms with Gasteiger partial charge in [0.1, 0.15) is 12.4 Å². The lowest BCUT2D eigenvalue weighted by Gasteiger charge is -2.31. The summed E-state index contributed by atoms with van der Waals surface area (Å²) in [6.45, 7) is 5.87. The molecule has 4 heterocycles. The fraction of sp³-hybridized carbons (Fsp3) is 0.409. The Morgan fingerprint density at radius 2 is 1.77 bits per heavy atom. The van der Waals surface area contributed by atoms with Gasteiger partial charge in [-0.05, 0) is 24.6 Å². The van der Waals surface area contributed by atoms with Crippen LogP contribution in [0.1, 0.15) is 28.6 Å². The number of imidazole rings is 1. The lowest BCUT2D eigenvalue weighted by Crippen LogP contribution is -2.35. The molecule has 30 heavy (non-hydrogen) atoms. The zero-order chi connectivity index (χ0) is 20.7. The summed E-state index contributed by atoms with van der Waals surface area (Å²) in [6.07, 6.45) is 8.04. The Labute approximate surface area is 175 Å². The molecule has 0 saturated carbocycles. The van der Waals surface area contributed by atoms with Crippen LogP contribution in [0.25, 0.3) is 11.0 Å². The third-order valence-corrected chi connectivity index (χ3v) is 5.62. The van der Waals surface area contributed by atoms with Crippen LogP contribution in [0.4, 0.5) is 0 Å². The fourth-order valence-electron chi connectivity index (χ4n) is 4.36. The van der Waals surface area contributed by atoms with Crippen LogP contribution in [0.15, 0.2) is 43.0 Å². The van der Waals surface area contributed by atoms with Gasteiger partial charge in [0.25, 0.3) is 0 Å². The number of aromatic nitrogens is 6. The molecular formula is C22H27N7O. The second-order valence-electron chi connectivity index (χ2n) is 8.27. The van der Waals surface area contributed by atoms with Crippen LogP contribution in [-0.2, 0) is 38.5 Å². The standard InChI is InChI=1S/C22H27N7O/c1-16-4-5-20-21(6-16)29-19(14-30-15-22(29)25-20)13-28(11-17-7-23-26(2)9-17)12-18-8-24-27(3)10-18/h4-10,19H,11-15H2,1-3H3. The van der Waals surface area contributed by atoms with Gasteiger partial charge >= 0.3 is 0 Å². The van der Waals surface area contributed by atoms with Gasteiger partial charge in [-0.2, -0.15) is 10.2 Å². The van der Waals surface area contributed by atoms with Gasteiger partial charge in [-0.15, -0.1) is 0 Å². The Kier molecular flexibility index (Phi) is 4.88. The van der Waals surface area contributed by atoms with Crippen LogP contribution in [0.3, 0.4) is 0 Å². The van der Waals surface area contributed by atoms with E-state index in [-0.39, 0.29) is 6.04 Å². The highest BCUT2D eigenvalue weighted by Crippen LogP contribution is 2.28. The van der Waals surface area contributed by atoms with Gasteiger partial charge in [0.2, 0.25) is 0 Å². The highest BCUT2D eigenvalue weighted by atomic mass is 16.5. The number of aryl methyl sites for hydroxylation is 3. The van der Waals surface area contributed by atoms with Crippen molar-refractivity contribution in [1.82, 2.24) is 34.0 Å². The maximum Gasteiger partial charge on any atom is 0.136 e. The first-order chi connectivity index (χ1) is 14.5. The van der Waals surface area contributed by atoms with Crippen molar-refractivity contribution in [2.45, 2.75) is 32.7 Å². The molecule has 0 aliphatic carbocycles. The first-order valence-corrected chi connectivity index (χ1v) is 10.3. The van der Waals surface area contributed by atoms with Crippen molar-refractivity contribution in [1.29, 1.82) is 0 Å². The smallest absolute Gasteiger partial charge is 0.136 e. The summed E-state index contributed by atoms with van der Waals surface area (Å²) in [5, 5.41) is 8.68. The molecule has 1 aliphatic rings. The molecule has 0 amide bonds. The molecule has 0 bridgehead atoms. The molecule has 0 saturated heterocycles. The lowest BCUT2D eigenvalue weighted by molar-refractivity contribution is 0.0402. The summed E-state index contributed by atoms with van der Waals surface area (Å²) < 4.78 is 12.0.